The van der Waals surface area contributed by atoms with Crippen molar-refractivity contribution < 1.29 is 8.83 Å². The van der Waals surface area contributed by atoms with Crippen LogP contribution in [0.15, 0.2) is 104 Å². The lowest BCUT2D eigenvalue weighted by atomic mass is 10.0. The fraction of sp³-hybridized carbons (Fsp3) is 0. The lowest BCUT2D eigenvalue weighted by molar-refractivity contribution is 0.667. The fourth-order valence-corrected chi connectivity index (χ4v) is 5.05. The summed E-state index contributed by atoms with van der Waals surface area (Å²) in [5.74, 6) is 0.636. The largest absolute Gasteiger partial charge is 0.456 e. The Morgan fingerprint density at radius 2 is 1.33 bits per heavy atom. The lowest BCUT2D eigenvalue weighted by Gasteiger charge is -2.07. The number of nitrogens with zero attached hydrogens (tertiary/aromatic N) is 2. The van der Waals surface area contributed by atoms with Crippen molar-refractivity contribution in [2.45, 2.75) is 0 Å². The summed E-state index contributed by atoms with van der Waals surface area (Å²) in [5, 5.41) is 3.00. The zero-order valence-corrected chi connectivity index (χ0v) is 18.8. The number of benzene rings is 4. The third kappa shape index (κ3) is 2.76. The number of halogens is 1. The fourth-order valence-electron chi connectivity index (χ4n) is 4.52. The molecule has 0 saturated heterocycles. The minimum absolute atomic E-state index is 0.636. The van der Waals surface area contributed by atoms with E-state index in [1.54, 1.807) is 0 Å². The first-order chi connectivity index (χ1) is 16.3. The van der Waals surface area contributed by atoms with Gasteiger partial charge in [0.05, 0.1) is 5.39 Å². The van der Waals surface area contributed by atoms with Gasteiger partial charge in [-0.1, -0.05) is 66.7 Å². The highest BCUT2D eigenvalue weighted by Gasteiger charge is 2.21. The van der Waals surface area contributed by atoms with Crippen LogP contribution in [0, 0.1) is 0 Å². The van der Waals surface area contributed by atoms with Crippen LogP contribution >= 0.6 is 15.9 Å². The van der Waals surface area contributed by atoms with Crippen molar-refractivity contribution >= 4 is 59.9 Å². The molecule has 4 nitrogen and oxygen atoms in total. The molecular weight excluding hydrogens is 476 g/mol. The summed E-state index contributed by atoms with van der Waals surface area (Å²) in [6.45, 7) is 0. The van der Waals surface area contributed by atoms with Crippen molar-refractivity contribution in [3.63, 3.8) is 0 Å². The molecule has 0 aliphatic rings. The molecule has 0 unspecified atom stereocenters. The van der Waals surface area contributed by atoms with Gasteiger partial charge in [0, 0.05) is 26.4 Å². The summed E-state index contributed by atoms with van der Waals surface area (Å²) in [6, 6.07) is 30.1. The van der Waals surface area contributed by atoms with Gasteiger partial charge in [0.1, 0.15) is 28.0 Å². The summed E-state index contributed by atoms with van der Waals surface area (Å²) < 4.78 is 13.3. The summed E-state index contributed by atoms with van der Waals surface area (Å²) in [6.07, 6.45) is 0. The number of para-hydroxylation sites is 1. The molecule has 7 rings (SSSR count). The Labute approximate surface area is 196 Å². The molecular formula is C28H15BrN2O2. The van der Waals surface area contributed by atoms with Crippen LogP contribution in [0.3, 0.4) is 0 Å². The third-order valence-electron chi connectivity index (χ3n) is 5.98. The molecule has 0 saturated carbocycles. The molecule has 33 heavy (non-hydrogen) atoms. The lowest BCUT2D eigenvalue weighted by Crippen LogP contribution is -1.94. The zero-order chi connectivity index (χ0) is 21.9. The van der Waals surface area contributed by atoms with Gasteiger partial charge in [-0.15, -0.1) is 0 Å². The number of hydrogen-bond donors (Lipinski definition) is 0. The van der Waals surface area contributed by atoms with Gasteiger partial charge in [0.25, 0.3) is 0 Å². The molecule has 0 aliphatic carbocycles. The van der Waals surface area contributed by atoms with E-state index in [0.717, 1.165) is 59.7 Å². The molecule has 0 aliphatic heterocycles. The summed E-state index contributed by atoms with van der Waals surface area (Å²) >= 11 is 3.69. The Balaban J connectivity index is 1.64. The van der Waals surface area contributed by atoms with E-state index in [1.165, 1.54) is 0 Å². The van der Waals surface area contributed by atoms with Crippen LogP contribution in [0.4, 0.5) is 0 Å². The van der Waals surface area contributed by atoms with E-state index in [1.807, 2.05) is 78.9 Å². The molecule has 4 aromatic carbocycles. The smallest absolute Gasteiger partial charge is 0.180 e. The first-order valence-corrected chi connectivity index (χ1v) is 11.4. The molecule has 3 heterocycles. The number of furan rings is 2. The van der Waals surface area contributed by atoms with Gasteiger partial charge in [-0.3, -0.25) is 0 Å². The van der Waals surface area contributed by atoms with E-state index in [0.29, 0.717) is 11.4 Å². The highest BCUT2D eigenvalue weighted by atomic mass is 79.9. The van der Waals surface area contributed by atoms with E-state index in [-0.39, 0.29) is 0 Å². The molecule has 7 aromatic rings. The van der Waals surface area contributed by atoms with Crippen molar-refractivity contribution in [3.8, 4) is 22.6 Å². The predicted molar refractivity (Wildman–Crippen MR) is 135 cm³/mol. The topological polar surface area (TPSA) is 52.1 Å². The van der Waals surface area contributed by atoms with Gasteiger partial charge < -0.3 is 8.83 Å². The first-order valence-electron chi connectivity index (χ1n) is 10.6. The van der Waals surface area contributed by atoms with Gasteiger partial charge in [-0.25, -0.2) is 9.97 Å². The molecule has 0 N–H and O–H groups in total. The number of rotatable bonds is 2. The number of fused-ring (bicyclic) bond motifs is 6. The summed E-state index contributed by atoms with van der Waals surface area (Å²) in [4.78, 5) is 10.1. The summed E-state index contributed by atoms with van der Waals surface area (Å²) in [7, 11) is 0. The molecule has 0 amide bonds. The molecule has 0 bridgehead atoms. The van der Waals surface area contributed by atoms with Crippen LogP contribution in [0.2, 0.25) is 0 Å². The molecule has 0 fully saturated rings. The molecule has 0 radical (unpaired) electrons. The summed E-state index contributed by atoms with van der Waals surface area (Å²) in [5.41, 5.74) is 6.57. The van der Waals surface area contributed by atoms with Crippen molar-refractivity contribution in [2.75, 3.05) is 0 Å². The van der Waals surface area contributed by atoms with Gasteiger partial charge in [-0.05, 0) is 40.2 Å². The second-order valence-electron chi connectivity index (χ2n) is 7.93. The van der Waals surface area contributed by atoms with Gasteiger partial charge in [0.2, 0.25) is 0 Å². The maximum absolute atomic E-state index is 6.28. The Kier molecular flexibility index (Phi) is 3.96. The Morgan fingerprint density at radius 3 is 2.21 bits per heavy atom. The van der Waals surface area contributed by atoms with Crippen LogP contribution < -0.4 is 0 Å². The molecule has 5 heteroatoms. The van der Waals surface area contributed by atoms with Crippen LogP contribution in [0.1, 0.15) is 0 Å². The van der Waals surface area contributed by atoms with Gasteiger partial charge in [0.15, 0.2) is 11.4 Å². The van der Waals surface area contributed by atoms with E-state index < -0.39 is 0 Å². The Hall–Kier alpha value is -3.96. The normalized spacial score (nSPS) is 11.8. The maximum Gasteiger partial charge on any atom is 0.180 e. The zero-order valence-electron chi connectivity index (χ0n) is 17.2. The second kappa shape index (κ2) is 7.02. The van der Waals surface area contributed by atoms with Crippen LogP contribution in [0.25, 0.3) is 66.7 Å². The van der Waals surface area contributed by atoms with E-state index >= 15 is 0 Å². The van der Waals surface area contributed by atoms with Crippen molar-refractivity contribution in [2.24, 2.45) is 0 Å². The predicted octanol–water partition coefficient (Wildman–Crippen LogP) is 8.37. The van der Waals surface area contributed by atoms with Gasteiger partial charge >= 0.3 is 0 Å². The quantitative estimate of drug-likeness (QED) is 0.244. The average Bonchev–Trinajstić information content (AvgIpc) is 3.43. The molecule has 0 spiro atoms. The first kappa shape index (κ1) is 18.6. The average molecular weight is 491 g/mol. The highest BCUT2D eigenvalue weighted by Crippen LogP contribution is 2.40. The molecule has 0 atom stereocenters. The standard InChI is InChI=1S/C28H15BrN2O2/c29-19-12-7-15-22-24(19)26-27(33-22)25(16-8-2-1-3-9-16)30-28(31-26)18-11-6-14-21-23(18)17-10-4-5-13-20(17)32-21/h1-15H. The third-order valence-corrected chi connectivity index (χ3v) is 6.64. The van der Waals surface area contributed by atoms with Crippen LogP contribution in [-0.2, 0) is 0 Å². The van der Waals surface area contributed by atoms with Crippen molar-refractivity contribution in [1.82, 2.24) is 9.97 Å². The second-order valence-corrected chi connectivity index (χ2v) is 8.79. The molecule has 3 aromatic heterocycles. The van der Waals surface area contributed by atoms with Crippen molar-refractivity contribution in [1.29, 1.82) is 0 Å². The highest BCUT2D eigenvalue weighted by molar-refractivity contribution is 9.10. The van der Waals surface area contributed by atoms with E-state index in [4.69, 9.17) is 18.8 Å². The minimum Gasteiger partial charge on any atom is -0.456 e. The van der Waals surface area contributed by atoms with E-state index in [2.05, 4.69) is 28.1 Å². The Morgan fingerprint density at radius 1 is 0.606 bits per heavy atom. The van der Waals surface area contributed by atoms with Gasteiger partial charge in [-0.2, -0.15) is 0 Å². The number of hydrogen-bond acceptors (Lipinski definition) is 4. The van der Waals surface area contributed by atoms with Crippen molar-refractivity contribution in [3.05, 3.63) is 95.5 Å². The monoisotopic (exact) mass is 490 g/mol. The maximum atomic E-state index is 6.28. The SMILES string of the molecule is Brc1cccc2oc3c(-c4ccccc4)nc(-c4cccc5oc6ccccc6c45)nc3c12. The Bertz CT molecular complexity index is 1830. The number of aromatic nitrogens is 2. The van der Waals surface area contributed by atoms with Crippen LogP contribution in [0.5, 0.6) is 0 Å². The van der Waals surface area contributed by atoms with Crippen LogP contribution in [-0.4, -0.2) is 9.97 Å². The minimum atomic E-state index is 0.636. The molecule has 156 valence electrons. The van der Waals surface area contributed by atoms with E-state index in [9.17, 15) is 0 Å².